The van der Waals surface area contributed by atoms with Crippen molar-refractivity contribution in [3.8, 4) is 22.4 Å². The molecule has 0 spiro atoms. The van der Waals surface area contributed by atoms with E-state index in [2.05, 4.69) is 20.1 Å². The molecule has 0 bridgehead atoms. The summed E-state index contributed by atoms with van der Waals surface area (Å²) in [6.45, 7) is 1.69. The number of hydrogen-bond donors (Lipinski definition) is 2. The zero-order valence-electron chi connectivity index (χ0n) is 17.2. The molecule has 0 amide bonds. The van der Waals surface area contributed by atoms with Crippen LogP contribution in [0.2, 0.25) is 0 Å². The Bertz CT molecular complexity index is 1470. The quantitative estimate of drug-likeness (QED) is 0.430. The van der Waals surface area contributed by atoms with Gasteiger partial charge in [0.25, 0.3) is 0 Å². The lowest BCUT2D eigenvalue weighted by atomic mass is 9.99. The van der Waals surface area contributed by atoms with Crippen LogP contribution in [0.4, 0.5) is 5.95 Å². The average Bonchev–Trinajstić information content (AvgIpc) is 3.42. The maximum atomic E-state index is 13.1. The van der Waals surface area contributed by atoms with E-state index in [1.807, 2.05) is 43.3 Å². The lowest BCUT2D eigenvalue weighted by molar-refractivity contribution is -0.351. The monoisotopic (exact) mass is 430 g/mol. The van der Waals surface area contributed by atoms with Gasteiger partial charge in [-0.1, -0.05) is 30.3 Å². The highest BCUT2D eigenvalue weighted by atomic mass is 16.3. The number of nitrogens with zero attached hydrogens (tertiary/aromatic N) is 5. The Balaban J connectivity index is 1.85. The normalized spacial score (nSPS) is 11.3. The minimum Gasteiger partial charge on any atom is -0.447 e. The molecule has 0 aliphatic carbocycles. The number of nitrogens with one attached hydrogen (secondary N) is 1. The number of oxazole rings is 1. The van der Waals surface area contributed by atoms with Crippen molar-refractivity contribution in [2.24, 2.45) is 0 Å². The smallest absolute Gasteiger partial charge is 0.411 e. The van der Waals surface area contributed by atoms with Crippen molar-refractivity contribution >= 4 is 11.6 Å². The second kappa shape index (κ2) is 7.75. The van der Waals surface area contributed by atoms with Crippen LogP contribution in [0.5, 0.6) is 0 Å². The van der Waals surface area contributed by atoms with E-state index in [1.54, 1.807) is 6.07 Å². The van der Waals surface area contributed by atoms with Crippen molar-refractivity contribution in [2.45, 2.75) is 20.1 Å². The summed E-state index contributed by atoms with van der Waals surface area (Å²) in [6, 6.07) is 13.3. The molecule has 0 aliphatic heterocycles. The second-order valence-corrected chi connectivity index (χ2v) is 7.30. The molecule has 5 rings (SSSR count). The third-order valence-corrected chi connectivity index (χ3v) is 5.10. The Morgan fingerprint density at radius 3 is 2.72 bits per heavy atom. The number of nitrogens with two attached hydrogens (primary N) is 1. The molecule has 0 fully saturated rings. The number of aliphatic hydroxyl groups excluding tert-OH is 1. The van der Waals surface area contributed by atoms with Gasteiger partial charge in [0.2, 0.25) is 11.5 Å². The molecular formula is C22H20N7O3+. The number of anilines is 1. The first-order chi connectivity index (χ1) is 15.5. The Kier molecular flexibility index (Phi) is 4.75. The van der Waals surface area contributed by atoms with Gasteiger partial charge >= 0.3 is 11.6 Å². The Hall–Kier alpha value is -4.31. The fraction of sp³-hybridized carbons (Fsp3) is 0.136. The molecule has 0 saturated carbocycles. The van der Waals surface area contributed by atoms with Crippen LogP contribution in [0.1, 0.15) is 17.3 Å². The van der Waals surface area contributed by atoms with Crippen LogP contribution >= 0.6 is 0 Å². The number of pyridine rings is 1. The molecule has 4 heterocycles. The van der Waals surface area contributed by atoms with Crippen molar-refractivity contribution < 1.29 is 14.5 Å². The van der Waals surface area contributed by atoms with Gasteiger partial charge < -0.3 is 9.52 Å². The largest absolute Gasteiger partial charge is 0.447 e. The summed E-state index contributed by atoms with van der Waals surface area (Å²) in [5, 5.41) is 14.3. The van der Waals surface area contributed by atoms with Gasteiger partial charge in [-0.05, 0) is 24.6 Å². The molecule has 4 N–H and O–H groups in total. The molecule has 4 aromatic heterocycles. The predicted octanol–water partition coefficient (Wildman–Crippen LogP) is 1.46. The van der Waals surface area contributed by atoms with Crippen molar-refractivity contribution in [3.05, 3.63) is 82.7 Å². The van der Waals surface area contributed by atoms with Crippen LogP contribution < -0.4 is 16.4 Å². The number of hydrogen-bond acceptors (Lipinski definition) is 7. The number of nitrogen functional groups attached to an aromatic ring is 1. The first-order valence-electron chi connectivity index (χ1n) is 9.92. The summed E-state index contributed by atoms with van der Waals surface area (Å²) in [6.07, 6.45) is 2.95. The van der Waals surface area contributed by atoms with E-state index in [4.69, 9.17) is 10.2 Å². The maximum absolute atomic E-state index is 13.1. The van der Waals surface area contributed by atoms with E-state index >= 15 is 0 Å². The first kappa shape index (κ1) is 19.6. The van der Waals surface area contributed by atoms with Crippen LogP contribution in [0.15, 0.2) is 64.1 Å². The number of aliphatic hydroxyl groups is 1. The minimum absolute atomic E-state index is 0.0598. The molecule has 0 unspecified atom stereocenters. The highest BCUT2D eigenvalue weighted by Gasteiger charge is 2.26. The number of aromatic amines is 1. The zero-order valence-corrected chi connectivity index (χ0v) is 17.2. The van der Waals surface area contributed by atoms with Gasteiger partial charge in [-0.3, -0.25) is 10.7 Å². The number of aryl methyl sites for hydroxylation is 1. The van der Waals surface area contributed by atoms with Crippen molar-refractivity contribution in [1.29, 1.82) is 0 Å². The summed E-state index contributed by atoms with van der Waals surface area (Å²) in [5.74, 6) is 0.490. The molecule has 1 aromatic carbocycles. The van der Waals surface area contributed by atoms with Crippen molar-refractivity contribution in [3.63, 3.8) is 0 Å². The van der Waals surface area contributed by atoms with Crippen LogP contribution in [0.25, 0.3) is 28.0 Å². The molecule has 160 valence electrons. The molecule has 10 nitrogen and oxygen atoms in total. The standard InChI is InChI=1S/C22H19N7O3/c1-13-9-15(10-16(12-30)25-13)18-19(14-5-3-2-4-6-14)26-21(23)29-20(18)27-28(22(29)31)11-17-24-7-8-32-17/h2-10,30H,11-12H2,1H3,(H2,23,26)/p+1. The van der Waals surface area contributed by atoms with Crippen LogP contribution in [-0.2, 0) is 13.2 Å². The van der Waals surface area contributed by atoms with Gasteiger partial charge in [0.05, 0.1) is 24.1 Å². The molecule has 0 radical (unpaired) electrons. The SMILES string of the molecule is Cc1cc(-c2c(-c3ccccc3)[nH+]c(N)n3c(=O)n(Cc4ncco4)nc23)cc(CO)n1. The molecular weight excluding hydrogens is 410 g/mol. The molecule has 10 heteroatoms. The summed E-state index contributed by atoms with van der Waals surface area (Å²) < 4.78 is 7.85. The Morgan fingerprint density at radius 1 is 1.19 bits per heavy atom. The van der Waals surface area contributed by atoms with Gasteiger partial charge in [-0.25, -0.2) is 14.8 Å². The van der Waals surface area contributed by atoms with Crippen LogP contribution in [0, 0.1) is 6.92 Å². The molecule has 0 aliphatic rings. The van der Waals surface area contributed by atoms with Crippen molar-refractivity contribution in [2.75, 3.05) is 5.73 Å². The van der Waals surface area contributed by atoms with E-state index in [9.17, 15) is 9.90 Å². The number of H-pyrrole nitrogens is 1. The molecule has 32 heavy (non-hydrogen) atoms. The second-order valence-electron chi connectivity index (χ2n) is 7.30. The Morgan fingerprint density at radius 2 is 2.00 bits per heavy atom. The lowest BCUT2D eigenvalue weighted by Gasteiger charge is -2.10. The average molecular weight is 430 g/mol. The highest BCUT2D eigenvalue weighted by molar-refractivity contribution is 5.88. The van der Waals surface area contributed by atoms with Gasteiger partial charge in [-0.15, -0.1) is 9.50 Å². The molecule has 0 atom stereocenters. The lowest BCUT2D eigenvalue weighted by Crippen LogP contribution is -2.28. The summed E-state index contributed by atoms with van der Waals surface area (Å²) in [7, 11) is 0. The maximum Gasteiger partial charge on any atom is 0.411 e. The number of fused-ring (bicyclic) bond motifs is 1. The van der Waals surface area contributed by atoms with Gasteiger partial charge in [0.15, 0.2) is 0 Å². The summed E-state index contributed by atoms with van der Waals surface area (Å²) in [4.78, 5) is 24.7. The van der Waals surface area contributed by atoms with Gasteiger partial charge in [0.1, 0.15) is 18.5 Å². The topological polar surface area (TPSA) is 139 Å². The van der Waals surface area contributed by atoms with E-state index < -0.39 is 5.69 Å². The predicted molar refractivity (Wildman–Crippen MR) is 115 cm³/mol. The van der Waals surface area contributed by atoms with Gasteiger partial charge in [-0.2, -0.15) is 4.68 Å². The Labute approximate surface area is 181 Å². The third-order valence-electron chi connectivity index (χ3n) is 5.10. The molecule has 0 saturated heterocycles. The van der Waals surface area contributed by atoms with Crippen LogP contribution in [-0.4, -0.2) is 29.3 Å². The van der Waals surface area contributed by atoms with Crippen molar-refractivity contribution in [1.82, 2.24) is 24.1 Å². The first-order valence-corrected chi connectivity index (χ1v) is 9.92. The van der Waals surface area contributed by atoms with Gasteiger partial charge in [0, 0.05) is 11.3 Å². The highest BCUT2D eigenvalue weighted by Crippen LogP contribution is 2.33. The van der Waals surface area contributed by atoms with E-state index in [0.29, 0.717) is 28.5 Å². The van der Waals surface area contributed by atoms with Crippen LogP contribution in [0.3, 0.4) is 0 Å². The fourth-order valence-corrected chi connectivity index (χ4v) is 3.76. The third kappa shape index (κ3) is 3.32. The number of aromatic nitrogens is 6. The summed E-state index contributed by atoms with van der Waals surface area (Å²) in [5.41, 5.74) is 10.4. The number of rotatable bonds is 5. The number of benzene rings is 1. The fourth-order valence-electron chi connectivity index (χ4n) is 3.76. The zero-order chi connectivity index (χ0) is 22.2. The van der Waals surface area contributed by atoms with E-state index in [1.165, 1.54) is 21.5 Å². The molecule has 5 aromatic rings. The summed E-state index contributed by atoms with van der Waals surface area (Å²) >= 11 is 0. The van der Waals surface area contributed by atoms with E-state index in [-0.39, 0.29) is 19.1 Å². The van der Waals surface area contributed by atoms with E-state index in [0.717, 1.165) is 16.8 Å². The minimum atomic E-state index is -0.430.